The van der Waals surface area contributed by atoms with Crippen LogP contribution in [0.2, 0.25) is 0 Å². The quantitative estimate of drug-likeness (QED) is 0.854. The summed E-state index contributed by atoms with van der Waals surface area (Å²) in [6.07, 6.45) is 5.17. The van der Waals surface area contributed by atoms with Gasteiger partial charge in [-0.1, -0.05) is 21.9 Å². The van der Waals surface area contributed by atoms with Crippen molar-refractivity contribution in [3.05, 3.63) is 28.2 Å². The molecule has 0 aliphatic rings. The topological polar surface area (TPSA) is 40.5 Å². The average molecular weight is 268 g/mol. The molecule has 0 aromatic heterocycles. The Morgan fingerprint density at radius 1 is 1.67 bits per heavy atom. The van der Waals surface area contributed by atoms with Crippen molar-refractivity contribution in [3.63, 3.8) is 0 Å². The second-order valence-electron chi connectivity index (χ2n) is 3.03. The monoisotopic (exact) mass is 267 g/mol. The number of halogens is 1. The lowest BCUT2D eigenvalue weighted by Crippen LogP contribution is -2.19. The molecule has 0 unspecified atom stereocenters. The van der Waals surface area contributed by atoms with Gasteiger partial charge in [-0.2, -0.15) is 0 Å². The summed E-state index contributed by atoms with van der Waals surface area (Å²) >= 11 is 3.23. The lowest BCUT2D eigenvalue weighted by Gasteiger charge is -2.18. The van der Waals surface area contributed by atoms with E-state index in [0.29, 0.717) is 12.2 Å². The Kier molecular flexibility index (Phi) is 3.75. The zero-order chi connectivity index (χ0) is 11.4. The highest BCUT2D eigenvalue weighted by Gasteiger charge is 2.13. The van der Waals surface area contributed by atoms with Crippen molar-refractivity contribution in [2.45, 2.75) is 0 Å². The molecular weight excluding hydrogens is 258 g/mol. The summed E-state index contributed by atoms with van der Waals surface area (Å²) in [5.74, 6) is 1.51. The number of carboxylic acid groups (broad SMARTS) is 1. The van der Waals surface area contributed by atoms with Gasteiger partial charge < -0.3 is 10.0 Å². The number of rotatable bonds is 3. The molecule has 15 heavy (non-hydrogen) atoms. The molecule has 0 atom stereocenters. The Balaban J connectivity index is 3.17. The molecule has 0 aliphatic carbocycles. The average Bonchev–Trinajstić information content (AvgIpc) is 2.17. The fourth-order valence-electron chi connectivity index (χ4n) is 1.23. The molecule has 0 saturated carbocycles. The highest BCUT2D eigenvalue weighted by Crippen LogP contribution is 2.23. The summed E-state index contributed by atoms with van der Waals surface area (Å²) in [6, 6.07) is 5.07. The van der Waals surface area contributed by atoms with Crippen molar-refractivity contribution >= 4 is 27.6 Å². The zero-order valence-corrected chi connectivity index (χ0v) is 9.78. The summed E-state index contributed by atoms with van der Waals surface area (Å²) in [5.41, 5.74) is 0.853. The summed E-state index contributed by atoms with van der Waals surface area (Å²) in [5, 5.41) is 9.01. The van der Waals surface area contributed by atoms with E-state index < -0.39 is 5.97 Å². The largest absolute Gasteiger partial charge is 0.478 e. The molecule has 78 valence electrons. The van der Waals surface area contributed by atoms with Gasteiger partial charge in [-0.25, -0.2) is 4.79 Å². The van der Waals surface area contributed by atoms with Gasteiger partial charge >= 0.3 is 5.97 Å². The maximum atomic E-state index is 11.0. The minimum absolute atomic E-state index is 0.238. The van der Waals surface area contributed by atoms with Gasteiger partial charge in [-0.3, -0.25) is 0 Å². The highest BCUT2D eigenvalue weighted by molar-refractivity contribution is 9.10. The molecular formula is C11H10BrNO2. The molecule has 0 bridgehead atoms. The summed E-state index contributed by atoms with van der Waals surface area (Å²) in [7, 11) is 1.76. The Labute approximate surface area is 96.8 Å². The van der Waals surface area contributed by atoms with Crippen molar-refractivity contribution < 1.29 is 9.90 Å². The first kappa shape index (κ1) is 11.6. The molecule has 0 aliphatic heterocycles. The molecule has 1 rings (SSSR count). The molecule has 3 nitrogen and oxygen atoms in total. The number of hydrogen-bond donors (Lipinski definition) is 1. The van der Waals surface area contributed by atoms with Crippen LogP contribution in [0.3, 0.4) is 0 Å². The number of aromatic carboxylic acids is 1. The van der Waals surface area contributed by atoms with Gasteiger partial charge in [0.15, 0.2) is 0 Å². The number of carbonyl (C=O) groups is 1. The standard InChI is InChI=1S/C11H10BrNO2/c1-3-6-13(2)10-5-4-8(12)7-9(10)11(14)15/h1,4-5,7H,6H2,2H3,(H,14,15). The van der Waals surface area contributed by atoms with Gasteiger partial charge in [0.2, 0.25) is 0 Å². The van der Waals surface area contributed by atoms with Crippen molar-refractivity contribution in [1.29, 1.82) is 0 Å². The molecule has 0 spiro atoms. The minimum atomic E-state index is -0.963. The molecule has 4 heteroatoms. The Hall–Kier alpha value is -1.47. The van der Waals surface area contributed by atoms with Gasteiger partial charge in [0.25, 0.3) is 0 Å². The maximum Gasteiger partial charge on any atom is 0.337 e. The maximum absolute atomic E-state index is 11.0. The number of benzene rings is 1. The second kappa shape index (κ2) is 4.85. The molecule has 0 saturated heterocycles. The summed E-state index contributed by atoms with van der Waals surface area (Å²) in [4.78, 5) is 12.7. The fourth-order valence-corrected chi connectivity index (χ4v) is 1.60. The van der Waals surface area contributed by atoms with E-state index in [9.17, 15) is 4.79 Å². The van der Waals surface area contributed by atoms with E-state index >= 15 is 0 Å². The number of hydrogen-bond acceptors (Lipinski definition) is 2. The third-order valence-corrected chi connectivity index (χ3v) is 2.42. The van der Waals surface area contributed by atoms with Crippen molar-refractivity contribution in [3.8, 4) is 12.3 Å². The Morgan fingerprint density at radius 3 is 2.87 bits per heavy atom. The van der Waals surface area contributed by atoms with Crippen LogP contribution >= 0.6 is 15.9 Å². The van der Waals surface area contributed by atoms with E-state index in [-0.39, 0.29) is 5.56 Å². The third-order valence-electron chi connectivity index (χ3n) is 1.93. The second-order valence-corrected chi connectivity index (χ2v) is 3.94. The highest BCUT2D eigenvalue weighted by atomic mass is 79.9. The van der Waals surface area contributed by atoms with Crippen LogP contribution in [0.25, 0.3) is 0 Å². The van der Waals surface area contributed by atoms with Gasteiger partial charge in [-0.05, 0) is 18.2 Å². The van der Waals surface area contributed by atoms with E-state index in [2.05, 4.69) is 21.9 Å². The van der Waals surface area contributed by atoms with E-state index in [1.54, 1.807) is 30.1 Å². The van der Waals surface area contributed by atoms with Crippen molar-refractivity contribution in [2.75, 3.05) is 18.5 Å². The fraction of sp³-hybridized carbons (Fsp3) is 0.182. The smallest absolute Gasteiger partial charge is 0.337 e. The van der Waals surface area contributed by atoms with Crippen LogP contribution in [0.4, 0.5) is 5.69 Å². The molecule has 1 aromatic carbocycles. The number of carboxylic acids is 1. The van der Waals surface area contributed by atoms with E-state index in [0.717, 1.165) is 4.47 Å². The SMILES string of the molecule is C#CCN(C)c1ccc(Br)cc1C(=O)O. The third kappa shape index (κ3) is 2.74. The molecule has 1 N–H and O–H groups in total. The minimum Gasteiger partial charge on any atom is -0.478 e. The predicted octanol–water partition coefficient (Wildman–Crippen LogP) is 2.22. The van der Waals surface area contributed by atoms with Crippen LogP contribution in [0.5, 0.6) is 0 Å². The van der Waals surface area contributed by atoms with Crippen LogP contribution in [0.1, 0.15) is 10.4 Å². The van der Waals surface area contributed by atoms with E-state index in [1.807, 2.05) is 0 Å². The van der Waals surface area contributed by atoms with Crippen LogP contribution in [0.15, 0.2) is 22.7 Å². The number of terminal acetylenes is 1. The lowest BCUT2D eigenvalue weighted by atomic mass is 10.1. The summed E-state index contributed by atoms with van der Waals surface area (Å²) < 4.78 is 0.734. The molecule has 0 radical (unpaired) electrons. The number of nitrogens with zero attached hydrogens (tertiary/aromatic N) is 1. The molecule has 0 amide bonds. The first-order valence-electron chi connectivity index (χ1n) is 4.23. The van der Waals surface area contributed by atoms with Gasteiger partial charge in [0.1, 0.15) is 0 Å². The normalized spacial score (nSPS) is 9.40. The van der Waals surface area contributed by atoms with Crippen LogP contribution in [0, 0.1) is 12.3 Å². The van der Waals surface area contributed by atoms with Gasteiger partial charge in [0.05, 0.1) is 17.8 Å². The number of anilines is 1. The van der Waals surface area contributed by atoms with Gasteiger partial charge in [0, 0.05) is 11.5 Å². The molecule has 0 fully saturated rings. The first-order chi connectivity index (χ1) is 7.06. The Bertz CT molecular complexity index is 423. The predicted molar refractivity (Wildman–Crippen MR) is 63.2 cm³/mol. The molecule has 1 aromatic rings. The summed E-state index contributed by atoms with van der Waals surface area (Å²) in [6.45, 7) is 0.377. The zero-order valence-electron chi connectivity index (χ0n) is 8.20. The van der Waals surface area contributed by atoms with E-state index in [1.165, 1.54) is 0 Å². The van der Waals surface area contributed by atoms with Crippen molar-refractivity contribution in [1.82, 2.24) is 0 Å². The van der Waals surface area contributed by atoms with Crippen LogP contribution in [-0.2, 0) is 0 Å². The van der Waals surface area contributed by atoms with Gasteiger partial charge in [-0.15, -0.1) is 6.42 Å². The van der Waals surface area contributed by atoms with E-state index in [4.69, 9.17) is 11.5 Å². The van der Waals surface area contributed by atoms with Crippen molar-refractivity contribution in [2.24, 2.45) is 0 Å². The van der Waals surface area contributed by atoms with Crippen LogP contribution in [-0.4, -0.2) is 24.7 Å². The van der Waals surface area contributed by atoms with Crippen LogP contribution < -0.4 is 4.90 Å². The lowest BCUT2D eigenvalue weighted by molar-refractivity contribution is 0.0697. The Morgan fingerprint density at radius 2 is 2.33 bits per heavy atom. The molecule has 0 heterocycles. The first-order valence-corrected chi connectivity index (χ1v) is 5.03.